The van der Waals surface area contributed by atoms with Gasteiger partial charge in [-0.05, 0) is 25.1 Å². The minimum absolute atomic E-state index is 0.124. The number of carbonyl (C=O) groups excluding carboxylic acids is 2. The number of carbonyl (C=O) groups is 2. The van der Waals surface area contributed by atoms with Crippen LogP contribution < -0.4 is 0 Å². The van der Waals surface area contributed by atoms with Crippen LogP contribution in [0.25, 0.3) is 0 Å². The van der Waals surface area contributed by atoms with Crippen molar-refractivity contribution in [3.05, 3.63) is 40.0 Å². The number of ketones is 1. The second-order valence-electron chi connectivity index (χ2n) is 5.61. The second kappa shape index (κ2) is 6.91. The van der Waals surface area contributed by atoms with E-state index in [4.69, 9.17) is 11.6 Å². The van der Waals surface area contributed by atoms with Gasteiger partial charge in [0, 0.05) is 37.9 Å². The lowest BCUT2D eigenvalue weighted by atomic mass is 10.2. The van der Waals surface area contributed by atoms with E-state index in [0.717, 1.165) is 11.3 Å². The number of aromatic amines is 1. The first-order chi connectivity index (χ1) is 11.8. The van der Waals surface area contributed by atoms with E-state index < -0.39 is 10.0 Å². The minimum atomic E-state index is -3.59. The largest absolute Gasteiger partial charge is 0.356 e. The summed E-state index contributed by atoms with van der Waals surface area (Å²) >= 11 is 6.83. The lowest BCUT2D eigenvalue weighted by molar-refractivity contribution is 0.0693. The third kappa shape index (κ3) is 3.64. The SMILES string of the molecule is CC(=O)c1c[nH]c(C(=O)N2CCN(S(=O)(=O)c3ccc(Cl)s3)CC2)c1. The molecule has 0 radical (unpaired) electrons. The molecule has 1 fully saturated rings. The summed E-state index contributed by atoms with van der Waals surface area (Å²) in [5.41, 5.74) is 0.769. The molecule has 2 aromatic rings. The van der Waals surface area contributed by atoms with E-state index in [1.165, 1.54) is 29.6 Å². The number of nitrogens with zero attached hydrogens (tertiary/aromatic N) is 2. The number of nitrogens with one attached hydrogen (secondary N) is 1. The molecule has 1 aliphatic rings. The highest BCUT2D eigenvalue weighted by Gasteiger charge is 2.31. The van der Waals surface area contributed by atoms with Crippen molar-refractivity contribution in [2.24, 2.45) is 0 Å². The van der Waals surface area contributed by atoms with Gasteiger partial charge >= 0.3 is 0 Å². The molecule has 0 spiro atoms. The molecule has 0 bridgehead atoms. The van der Waals surface area contributed by atoms with Crippen LogP contribution in [-0.4, -0.2) is 60.5 Å². The van der Waals surface area contributed by atoms with Crippen LogP contribution in [0.15, 0.2) is 28.6 Å². The molecule has 1 saturated heterocycles. The molecule has 134 valence electrons. The summed E-state index contributed by atoms with van der Waals surface area (Å²) in [5, 5.41) is 0. The van der Waals surface area contributed by atoms with Crippen LogP contribution in [0.4, 0.5) is 0 Å². The Bertz CT molecular complexity index is 911. The van der Waals surface area contributed by atoms with Crippen LogP contribution >= 0.6 is 22.9 Å². The molecule has 0 atom stereocenters. The molecule has 3 heterocycles. The van der Waals surface area contributed by atoms with Crippen LogP contribution in [0.1, 0.15) is 27.8 Å². The first-order valence-electron chi connectivity index (χ1n) is 7.53. The number of halogens is 1. The van der Waals surface area contributed by atoms with Crippen LogP contribution in [0.2, 0.25) is 4.34 Å². The maximum atomic E-state index is 12.6. The first-order valence-corrected chi connectivity index (χ1v) is 10.2. The highest BCUT2D eigenvalue weighted by atomic mass is 35.5. The van der Waals surface area contributed by atoms with E-state index in [0.29, 0.717) is 15.6 Å². The van der Waals surface area contributed by atoms with Crippen LogP contribution in [0.3, 0.4) is 0 Å². The molecule has 7 nitrogen and oxygen atoms in total. The van der Waals surface area contributed by atoms with Crippen molar-refractivity contribution in [1.29, 1.82) is 0 Å². The zero-order valence-corrected chi connectivity index (χ0v) is 15.7. The summed E-state index contributed by atoms with van der Waals surface area (Å²) in [4.78, 5) is 28.2. The smallest absolute Gasteiger partial charge is 0.270 e. The van der Waals surface area contributed by atoms with Crippen LogP contribution in [0, 0.1) is 0 Å². The van der Waals surface area contributed by atoms with Gasteiger partial charge in [-0.2, -0.15) is 4.31 Å². The van der Waals surface area contributed by atoms with Crippen molar-refractivity contribution in [3.63, 3.8) is 0 Å². The maximum Gasteiger partial charge on any atom is 0.270 e. The van der Waals surface area contributed by atoms with Gasteiger partial charge < -0.3 is 9.88 Å². The van der Waals surface area contributed by atoms with E-state index in [2.05, 4.69) is 4.98 Å². The molecular formula is C15H16ClN3O4S2. The Morgan fingerprint density at radius 1 is 1.20 bits per heavy atom. The Morgan fingerprint density at radius 2 is 1.88 bits per heavy atom. The van der Waals surface area contributed by atoms with Crippen LogP contribution in [0.5, 0.6) is 0 Å². The van der Waals surface area contributed by atoms with E-state index in [-0.39, 0.29) is 42.1 Å². The Hall–Kier alpha value is -1.68. The van der Waals surface area contributed by atoms with Crippen molar-refractivity contribution < 1.29 is 18.0 Å². The predicted octanol–water partition coefficient (Wildman–Crippen LogP) is 2.08. The molecule has 1 N–H and O–H groups in total. The fourth-order valence-corrected chi connectivity index (χ4v) is 5.65. The summed E-state index contributed by atoms with van der Waals surface area (Å²) in [6.45, 7) is 2.42. The van der Waals surface area contributed by atoms with Gasteiger partial charge in [0.2, 0.25) is 0 Å². The quantitative estimate of drug-likeness (QED) is 0.794. The molecule has 1 aliphatic heterocycles. The molecule has 2 aromatic heterocycles. The minimum Gasteiger partial charge on any atom is -0.356 e. The number of H-pyrrole nitrogens is 1. The number of rotatable bonds is 4. The normalized spacial score (nSPS) is 16.2. The molecule has 3 rings (SSSR count). The van der Waals surface area contributed by atoms with Gasteiger partial charge in [-0.15, -0.1) is 11.3 Å². The maximum absolute atomic E-state index is 12.6. The van der Waals surface area contributed by atoms with E-state index >= 15 is 0 Å². The number of piperazine rings is 1. The first kappa shape index (κ1) is 18.1. The highest BCUT2D eigenvalue weighted by molar-refractivity contribution is 7.91. The number of amides is 1. The average molecular weight is 402 g/mol. The zero-order chi connectivity index (χ0) is 18.2. The fraction of sp³-hybridized carbons (Fsp3) is 0.333. The van der Waals surface area contributed by atoms with Gasteiger partial charge in [0.25, 0.3) is 15.9 Å². The van der Waals surface area contributed by atoms with Crippen molar-refractivity contribution in [3.8, 4) is 0 Å². The van der Waals surface area contributed by atoms with E-state index in [1.54, 1.807) is 11.0 Å². The standard InChI is InChI=1S/C15H16ClN3O4S2/c1-10(20)11-8-12(17-9-11)15(21)18-4-6-19(7-5-18)25(22,23)14-3-2-13(16)24-14/h2-3,8-9,17H,4-7H2,1H3. The average Bonchev–Trinajstić information content (AvgIpc) is 3.23. The third-order valence-electron chi connectivity index (χ3n) is 3.99. The van der Waals surface area contributed by atoms with Gasteiger partial charge in [-0.3, -0.25) is 9.59 Å². The fourth-order valence-electron chi connectivity index (χ4n) is 2.59. The monoisotopic (exact) mass is 401 g/mol. The Morgan fingerprint density at radius 3 is 2.40 bits per heavy atom. The molecular weight excluding hydrogens is 386 g/mol. The van der Waals surface area contributed by atoms with Crippen molar-refractivity contribution in [2.75, 3.05) is 26.2 Å². The molecule has 25 heavy (non-hydrogen) atoms. The molecule has 0 saturated carbocycles. The highest BCUT2D eigenvalue weighted by Crippen LogP contribution is 2.28. The Kier molecular flexibility index (Phi) is 5.01. The lowest BCUT2D eigenvalue weighted by Gasteiger charge is -2.33. The number of hydrogen-bond donors (Lipinski definition) is 1. The number of aromatic nitrogens is 1. The zero-order valence-electron chi connectivity index (χ0n) is 13.4. The van der Waals surface area contributed by atoms with Gasteiger partial charge in [0.05, 0.1) is 4.34 Å². The van der Waals surface area contributed by atoms with Gasteiger partial charge in [-0.1, -0.05) is 11.6 Å². The van der Waals surface area contributed by atoms with Crippen molar-refractivity contribution >= 4 is 44.7 Å². The topological polar surface area (TPSA) is 90.6 Å². The lowest BCUT2D eigenvalue weighted by Crippen LogP contribution is -2.50. The molecule has 0 aromatic carbocycles. The van der Waals surface area contributed by atoms with Crippen molar-refractivity contribution in [2.45, 2.75) is 11.1 Å². The molecule has 0 unspecified atom stereocenters. The third-order valence-corrected chi connectivity index (χ3v) is 7.59. The Labute approximate surface area is 154 Å². The van der Waals surface area contributed by atoms with Crippen LogP contribution in [-0.2, 0) is 10.0 Å². The predicted molar refractivity (Wildman–Crippen MR) is 94.8 cm³/mol. The van der Waals surface area contributed by atoms with Gasteiger partial charge in [-0.25, -0.2) is 8.42 Å². The summed E-state index contributed by atoms with van der Waals surface area (Å²) in [6, 6.07) is 4.56. The number of sulfonamides is 1. The van der Waals surface area contributed by atoms with Gasteiger partial charge in [0.15, 0.2) is 5.78 Å². The van der Waals surface area contributed by atoms with Crippen molar-refractivity contribution in [1.82, 2.24) is 14.2 Å². The second-order valence-corrected chi connectivity index (χ2v) is 9.49. The summed E-state index contributed by atoms with van der Waals surface area (Å²) < 4.78 is 27.1. The number of Topliss-reactive ketones (excluding diaryl/α,β-unsaturated/α-hetero) is 1. The summed E-state index contributed by atoms with van der Waals surface area (Å²) in [7, 11) is -3.59. The Balaban J connectivity index is 1.67. The molecule has 1 amide bonds. The van der Waals surface area contributed by atoms with Gasteiger partial charge in [0.1, 0.15) is 9.90 Å². The summed E-state index contributed by atoms with van der Waals surface area (Å²) in [6.07, 6.45) is 1.50. The number of hydrogen-bond acceptors (Lipinski definition) is 5. The summed E-state index contributed by atoms with van der Waals surface area (Å²) in [5.74, 6) is -0.371. The molecule has 10 heteroatoms. The molecule has 0 aliphatic carbocycles. The van der Waals surface area contributed by atoms with E-state index in [1.807, 2.05) is 0 Å². The van der Waals surface area contributed by atoms with E-state index in [9.17, 15) is 18.0 Å². The number of thiophene rings is 1.